The average molecular weight is 307 g/mol. The van der Waals surface area contributed by atoms with Gasteiger partial charge in [-0.15, -0.1) is 11.3 Å². The molecule has 0 aliphatic rings. The van der Waals surface area contributed by atoms with Crippen LogP contribution >= 0.6 is 23.1 Å². The Morgan fingerprint density at radius 1 is 1.45 bits per heavy atom. The van der Waals surface area contributed by atoms with Crippen LogP contribution in [0.3, 0.4) is 0 Å². The van der Waals surface area contributed by atoms with Gasteiger partial charge in [0.1, 0.15) is 9.88 Å². The lowest BCUT2D eigenvalue weighted by molar-refractivity contribution is -0.123. The Morgan fingerprint density at radius 2 is 2.15 bits per heavy atom. The van der Waals surface area contributed by atoms with Crippen LogP contribution in [0.15, 0.2) is 40.1 Å². The topological polar surface area (TPSA) is 68.0 Å². The predicted molar refractivity (Wildman–Crippen MR) is 83.9 cm³/mol. The van der Waals surface area contributed by atoms with Gasteiger partial charge < -0.3 is 11.1 Å². The van der Waals surface area contributed by atoms with Gasteiger partial charge in [-0.25, -0.2) is 4.98 Å². The second-order valence-electron chi connectivity index (χ2n) is 4.43. The van der Waals surface area contributed by atoms with Crippen LogP contribution in [0.2, 0.25) is 0 Å². The summed E-state index contributed by atoms with van der Waals surface area (Å²) in [5.41, 5.74) is 6.63. The van der Waals surface area contributed by atoms with Gasteiger partial charge in [0.2, 0.25) is 5.91 Å². The van der Waals surface area contributed by atoms with Crippen LogP contribution in [0.1, 0.15) is 11.3 Å². The van der Waals surface area contributed by atoms with Crippen LogP contribution in [0.4, 0.5) is 0 Å². The molecule has 1 unspecified atom stereocenters. The summed E-state index contributed by atoms with van der Waals surface area (Å²) in [5, 5.41) is 5.09. The Hall–Kier alpha value is -1.37. The normalized spacial score (nSPS) is 13.9. The fraction of sp³-hybridized carbons (Fsp3) is 0.286. The van der Waals surface area contributed by atoms with E-state index in [2.05, 4.69) is 10.3 Å². The lowest BCUT2D eigenvalue weighted by atomic mass is 9.91. The van der Waals surface area contributed by atoms with Crippen LogP contribution in [0, 0.1) is 6.92 Å². The summed E-state index contributed by atoms with van der Waals surface area (Å²) in [4.78, 5) is 16.4. The number of likely N-dealkylation sites (N-methyl/N-ethyl adjacent to an activating group) is 1. The van der Waals surface area contributed by atoms with E-state index < -0.39 is 5.54 Å². The number of primary amides is 1. The van der Waals surface area contributed by atoms with Gasteiger partial charge in [-0.3, -0.25) is 4.79 Å². The molecule has 6 heteroatoms. The van der Waals surface area contributed by atoms with Gasteiger partial charge in [-0.1, -0.05) is 42.1 Å². The molecule has 2 aromatic rings. The molecule has 4 nitrogen and oxygen atoms in total. The Balaban J connectivity index is 2.26. The Labute approximate surface area is 126 Å². The molecule has 0 spiro atoms. The van der Waals surface area contributed by atoms with E-state index in [1.807, 2.05) is 42.6 Å². The summed E-state index contributed by atoms with van der Waals surface area (Å²) in [7, 11) is 1.76. The number of nitrogens with one attached hydrogen (secondary N) is 1. The number of hydrogen-bond acceptors (Lipinski definition) is 5. The molecular weight excluding hydrogens is 290 g/mol. The van der Waals surface area contributed by atoms with E-state index >= 15 is 0 Å². The number of nitrogens with two attached hydrogens (primary N) is 1. The van der Waals surface area contributed by atoms with Crippen molar-refractivity contribution >= 4 is 29.0 Å². The predicted octanol–water partition coefficient (Wildman–Crippen LogP) is 2.14. The van der Waals surface area contributed by atoms with Crippen molar-refractivity contribution in [2.45, 2.75) is 16.8 Å². The lowest BCUT2D eigenvalue weighted by Crippen LogP contribution is -2.53. The summed E-state index contributed by atoms with van der Waals surface area (Å²) in [6, 6.07) is 9.55. The maximum absolute atomic E-state index is 12.0. The van der Waals surface area contributed by atoms with E-state index in [4.69, 9.17) is 5.73 Å². The van der Waals surface area contributed by atoms with Gasteiger partial charge in [0, 0.05) is 16.8 Å². The zero-order chi connectivity index (χ0) is 14.6. The molecular formula is C14H17N3OS2. The molecule has 106 valence electrons. The molecule has 1 atom stereocenters. The number of carbonyl (C=O) groups excluding carboxylic acids is 1. The van der Waals surface area contributed by atoms with Crippen LogP contribution in [0.5, 0.6) is 0 Å². The smallest absolute Gasteiger partial charge is 0.243 e. The highest BCUT2D eigenvalue weighted by Crippen LogP contribution is 2.31. The standard InChI is InChI=1S/C14H17N3OS2/c1-10-8-19-13(17-10)20-9-14(16-2,12(15)18)11-6-4-3-5-7-11/h3-8,16H,9H2,1-2H3,(H2,15,18). The summed E-state index contributed by atoms with van der Waals surface area (Å²) in [5.74, 6) is 0.127. The van der Waals surface area contributed by atoms with E-state index in [0.29, 0.717) is 5.75 Å². The highest BCUT2D eigenvalue weighted by atomic mass is 32.2. The highest BCUT2D eigenvalue weighted by molar-refractivity contribution is 8.01. The number of aryl methyl sites for hydroxylation is 1. The molecule has 0 radical (unpaired) electrons. The molecule has 1 amide bonds. The van der Waals surface area contributed by atoms with Gasteiger partial charge in [0.05, 0.1) is 0 Å². The SMILES string of the molecule is CNC(CSc1nc(C)cs1)(C(N)=O)c1ccccc1. The number of rotatable bonds is 6. The van der Waals surface area contributed by atoms with Crippen molar-refractivity contribution in [1.82, 2.24) is 10.3 Å². The van der Waals surface area contributed by atoms with Crippen molar-refractivity contribution in [3.05, 3.63) is 47.0 Å². The van der Waals surface area contributed by atoms with E-state index in [-0.39, 0.29) is 5.91 Å². The third-order valence-electron chi connectivity index (χ3n) is 3.12. The Kier molecular flexibility index (Phi) is 4.80. The number of nitrogens with zero attached hydrogens (tertiary/aromatic N) is 1. The molecule has 0 aliphatic heterocycles. The monoisotopic (exact) mass is 307 g/mol. The van der Waals surface area contributed by atoms with Crippen molar-refractivity contribution in [3.63, 3.8) is 0 Å². The molecule has 0 fully saturated rings. The number of benzene rings is 1. The molecule has 0 bridgehead atoms. The Morgan fingerprint density at radius 3 is 2.65 bits per heavy atom. The number of amides is 1. The van der Waals surface area contributed by atoms with E-state index in [9.17, 15) is 4.79 Å². The molecule has 1 heterocycles. The van der Waals surface area contributed by atoms with Crippen LogP contribution in [-0.4, -0.2) is 23.7 Å². The molecule has 0 aliphatic carbocycles. The Bertz CT molecular complexity index is 585. The number of carbonyl (C=O) groups is 1. The molecule has 0 saturated heterocycles. The quantitative estimate of drug-likeness (QED) is 0.802. The average Bonchev–Trinajstić information content (AvgIpc) is 2.87. The number of aromatic nitrogens is 1. The first kappa shape index (κ1) is 15.0. The summed E-state index contributed by atoms with van der Waals surface area (Å²) >= 11 is 3.12. The second-order valence-corrected chi connectivity index (χ2v) is 6.51. The molecule has 1 aromatic carbocycles. The molecule has 3 N–H and O–H groups in total. The lowest BCUT2D eigenvalue weighted by Gasteiger charge is -2.30. The van der Waals surface area contributed by atoms with Crippen molar-refractivity contribution in [3.8, 4) is 0 Å². The van der Waals surface area contributed by atoms with Crippen molar-refractivity contribution in [2.24, 2.45) is 5.73 Å². The zero-order valence-corrected chi connectivity index (χ0v) is 13.1. The molecule has 0 saturated carbocycles. The van der Waals surface area contributed by atoms with Crippen molar-refractivity contribution in [2.75, 3.05) is 12.8 Å². The minimum absolute atomic E-state index is 0.382. The minimum atomic E-state index is -0.883. The fourth-order valence-electron chi connectivity index (χ4n) is 1.93. The minimum Gasteiger partial charge on any atom is -0.368 e. The summed E-state index contributed by atoms with van der Waals surface area (Å²) in [6.45, 7) is 1.96. The van der Waals surface area contributed by atoms with Crippen LogP contribution in [-0.2, 0) is 10.3 Å². The maximum atomic E-state index is 12.0. The zero-order valence-electron chi connectivity index (χ0n) is 11.4. The summed E-state index contributed by atoms with van der Waals surface area (Å²) in [6.07, 6.45) is 0. The number of hydrogen-bond donors (Lipinski definition) is 2. The fourth-order valence-corrected chi connectivity index (χ4v) is 4.04. The third kappa shape index (κ3) is 3.03. The molecule has 1 aromatic heterocycles. The first-order valence-electron chi connectivity index (χ1n) is 6.18. The second kappa shape index (κ2) is 6.39. The van der Waals surface area contributed by atoms with E-state index in [0.717, 1.165) is 15.6 Å². The first-order chi connectivity index (χ1) is 9.58. The molecule has 2 rings (SSSR count). The number of thioether (sulfide) groups is 1. The van der Waals surface area contributed by atoms with Crippen LogP contribution < -0.4 is 11.1 Å². The van der Waals surface area contributed by atoms with Gasteiger partial charge >= 0.3 is 0 Å². The largest absolute Gasteiger partial charge is 0.368 e. The third-order valence-corrected chi connectivity index (χ3v) is 5.43. The van der Waals surface area contributed by atoms with Gasteiger partial charge in [0.15, 0.2) is 0 Å². The van der Waals surface area contributed by atoms with Crippen molar-refractivity contribution in [1.29, 1.82) is 0 Å². The van der Waals surface area contributed by atoms with Crippen molar-refractivity contribution < 1.29 is 4.79 Å². The first-order valence-corrected chi connectivity index (χ1v) is 8.04. The highest BCUT2D eigenvalue weighted by Gasteiger charge is 2.37. The van der Waals surface area contributed by atoms with E-state index in [1.165, 1.54) is 0 Å². The maximum Gasteiger partial charge on any atom is 0.243 e. The van der Waals surface area contributed by atoms with Gasteiger partial charge in [-0.05, 0) is 19.5 Å². The molecule has 20 heavy (non-hydrogen) atoms. The van der Waals surface area contributed by atoms with Gasteiger partial charge in [-0.2, -0.15) is 0 Å². The summed E-state index contributed by atoms with van der Waals surface area (Å²) < 4.78 is 0.944. The van der Waals surface area contributed by atoms with E-state index in [1.54, 1.807) is 30.1 Å². The van der Waals surface area contributed by atoms with Gasteiger partial charge in [0.25, 0.3) is 0 Å². The number of thiazole rings is 1. The van der Waals surface area contributed by atoms with Crippen LogP contribution in [0.25, 0.3) is 0 Å².